The van der Waals surface area contributed by atoms with Gasteiger partial charge in [0.25, 0.3) is 0 Å². The van der Waals surface area contributed by atoms with Crippen molar-refractivity contribution < 1.29 is 81.6 Å². The zero-order chi connectivity index (χ0) is 75.4. The number of esters is 4. The maximum Gasteiger partial charge on any atom is 0.410 e. The number of carbonyl (C=O) groups excluding carboxylic acids is 6. The van der Waals surface area contributed by atoms with Crippen molar-refractivity contribution in [3.8, 4) is 0 Å². The molecule has 572 valence electrons. The first kappa shape index (κ1) is 84.9. The predicted molar refractivity (Wildman–Crippen MR) is 382 cm³/mol. The Morgan fingerprint density at radius 3 is 1.14 bits per heavy atom. The van der Waals surface area contributed by atoms with Crippen molar-refractivity contribution in [2.24, 2.45) is 42.5 Å². The van der Waals surface area contributed by atoms with Crippen molar-refractivity contribution in [1.82, 2.24) is 9.80 Å². The van der Waals surface area contributed by atoms with Gasteiger partial charge in [0.05, 0.1) is 60.5 Å². The van der Waals surface area contributed by atoms with E-state index in [9.17, 15) is 55.6 Å². The fourth-order valence-corrected chi connectivity index (χ4v) is 13.4. The lowest BCUT2D eigenvalue weighted by molar-refractivity contribution is -0.265. The molecule has 2 aliphatic heterocycles. The summed E-state index contributed by atoms with van der Waals surface area (Å²) in [6, 6.07) is 32.0. The van der Waals surface area contributed by atoms with E-state index in [0.717, 1.165) is 75.6 Å². The molecule has 107 heavy (non-hydrogen) atoms. The van der Waals surface area contributed by atoms with Crippen LogP contribution in [0, 0.1) is 11.8 Å². The Morgan fingerprint density at radius 1 is 0.421 bits per heavy atom. The summed E-state index contributed by atoms with van der Waals surface area (Å²) >= 11 is 0. The highest BCUT2D eigenvalue weighted by Crippen LogP contribution is 2.44. The summed E-state index contributed by atoms with van der Waals surface area (Å²) in [4.78, 5) is 94.3. The molecule has 2 saturated heterocycles. The molecular formula is C70H90N20O17. The molecule has 4 saturated carbocycles. The van der Waals surface area contributed by atoms with Gasteiger partial charge in [0.15, 0.2) is 24.8 Å². The monoisotopic (exact) mass is 1480 g/mol. The van der Waals surface area contributed by atoms with Crippen LogP contribution in [0.5, 0.6) is 0 Å². The van der Waals surface area contributed by atoms with Crippen molar-refractivity contribution in [2.45, 2.75) is 243 Å². The van der Waals surface area contributed by atoms with Gasteiger partial charge in [-0.15, -0.1) is 0 Å². The molecule has 18 atom stereocenters. The van der Waals surface area contributed by atoms with Gasteiger partial charge in [0.2, 0.25) is 0 Å². The second kappa shape index (κ2) is 42.8. The highest BCUT2D eigenvalue weighted by Gasteiger charge is 2.54. The minimum absolute atomic E-state index is 0. The standard InChI is InChI=1S/C34H40N10O8.C24H28N4O4.C10H14N6O5.2CH4/c1-20(45)49-30-26(39-42-36)17-27(40-43-37)31(32(30)50-21(2)46)52-33-25(38-41-35)15-16-28(51-33)29(24-13-14-24)44(18-22-9-5-3-6-10-22)34(47)48-19-23-11-7-4-8-12-23;25-27-26-20-13-14-21(32-23(20)29)22(19-11-12-19)28(15-17-7-3-1-4-8-17)24(30)31-16-18-9-5-2-6-10-18;1-4(17)20-9-7(14-16-12)3-6(13-15-11)8(19)10(9)21-5(2)18;;/h3-12,24-33H,13-19H2,1-2H3;1-10,19-23,29H,11-16H2;6-10,19H,3H2,1-2H3;2*1H4/t25?,26-,27+,28+,29+,30+,31-,32-,33-;20?,21-,22-,23?;6-,7+,8+,9-,10-;;/m100../s1. The summed E-state index contributed by atoms with van der Waals surface area (Å²) in [6.07, 6.45) is -6.83. The van der Waals surface area contributed by atoms with E-state index >= 15 is 0 Å². The zero-order valence-corrected chi connectivity index (χ0v) is 58.0. The number of benzene rings is 4. The third-order valence-corrected chi connectivity index (χ3v) is 18.2. The number of aliphatic hydroxyl groups excluding tert-OH is 2. The fraction of sp³-hybridized carbons (Fsp3) is 0.571. The second-order valence-electron chi connectivity index (χ2n) is 25.7. The van der Waals surface area contributed by atoms with Gasteiger partial charge >= 0.3 is 36.1 Å². The van der Waals surface area contributed by atoms with Crippen LogP contribution in [0.25, 0.3) is 62.7 Å². The predicted octanol–water partition coefficient (Wildman–Crippen LogP) is 13.8. The third-order valence-electron chi connectivity index (χ3n) is 18.2. The molecule has 4 aliphatic carbocycles. The average Bonchev–Trinajstić information content (AvgIpc) is 1.23. The van der Waals surface area contributed by atoms with Crippen molar-refractivity contribution >= 4 is 36.1 Å². The normalized spacial score (nSPS) is 26.4. The molecule has 2 N–H and O–H groups in total. The third kappa shape index (κ3) is 25.1. The second-order valence-corrected chi connectivity index (χ2v) is 25.7. The van der Waals surface area contributed by atoms with Gasteiger partial charge in [-0.2, -0.15) is 0 Å². The van der Waals surface area contributed by atoms with Gasteiger partial charge in [-0.25, -0.2) is 9.59 Å². The van der Waals surface area contributed by atoms with Crippen molar-refractivity contribution in [3.05, 3.63) is 206 Å². The highest BCUT2D eigenvalue weighted by atomic mass is 16.7. The molecule has 10 rings (SSSR count). The summed E-state index contributed by atoms with van der Waals surface area (Å²) in [7, 11) is 0. The van der Waals surface area contributed by atoms with Crippen molar-refractivity contribution in [1.29, 1.82) is 0 Å². The first-order valence-electron chi connectivity index (χ1n) is 34.1. The minimum atomic E-state index is -1.40. The number of nitrogens with zero attached hydrogens (tertiary/aromatic N) is 20. The van der Waals surface area contributed by atoms with Gasteiger partial charge in [0.1, 0.15) is 37.6 Å². The SMILES string of the molecule is C.C.CC(=O)O[C@@H]1[C@@H](OC(C)=O)[C@H](N=[N+]=[N-])C[C@H](N=[N+]=[N-])[C@H]1O[C@H]1O[C@H]([C@H](C2CC2)N(Cc2ccccc2)C(=O)OCc2ccccc2)CCC1N=[N+]=[N-].CC(=O)O[C@@H]1[C@@H](OC(C)=O)[C@H](O)[C@@H](N=[N+]=[N-])C[C@H]1N=[N+]=[N-].[N-]=[N+]=NC1CC[C@@H]([C@H](C2CC2)N(Cc2ccccc2)C(=O)OCc2ccccc2)OC1O. The number of carbonyl (C=O) groups is 6. The first-order valence-corrected chi connectivity index (χ1v) is 34.1. The Morgan fingerprint density at radius 2 is 0.748 bits per heavy atom. The van der Waals surface area contributed by atoms with Crippen LogP contribution in [-0.4, -0.2) is 166 Å². The molecule has 2 amide bonds. The number of rotatable bonds is 26. The Balaban J connectivity index is 0.000000277. The molecular weight excluding hydrogens is 1390 g/mol. The molecule has 2 heterocycles. The van der Waals surface area contributed by atoms with Crippen LogP contribution in [0.2, 0.25) is 0 Å². The summed E-state index contributed by atoms with van der Waals surface area (Å²) in [5.41, 5.74) is 57.6. The number of amides is 2. The molecule has 4 aromatic rings. The summed E-state index contributed by atoms with van der Waals surface area (Å²) in [5.74, 6) is -2.57. The molecule has 0 aromatic heterocycles. The van der Waals surface area contributed by atoms with E-state index in [0.29, 0.717) is 32.2 Å². The Labute approximate surface area is 616 Å². The lowest BCUT2D eigenvalue weighted by Crippen LogP contribution is -2.61. The average molecular weight is 1480 g/mol. The molecule has 0 spiro atoms. The van der Waals surface area contributed by atoms with Crippen LogP contribution >= 0.6 is 0 Å². The van der Waals surface area contributed by atoms with Crippen LogP contribution in [0.4, 0.5) is 9.59 Å². The Hall–Kier alpha value is -11.0. The maximum absolute atomic E-state index is 14.0. The van der Waals surface area contributed by atoms with Gasteiger partial charge in [-0.1, -0.05) is 167 Å². The van der Waals surface area contributed by atoms with E-state index in [1.54, 1.807) is 9.80 Å². The maximum atomic E-state index is 14.0. The number of azide groups is 6. The molecule has 37 nitrogen and oxygen atoms in total. The zero-order valence-electron chi connectivity index (χ0n) is 58.0. The topological polar surface area (TPSA) is 525 Å². The summed E-state index contributed by atoms with van der Waals surface area (Å²) in [6.45, 7) is 5.41. The van der Waals surface area contributed by atoms with E-state index in [4.69, 9.17) is 59.2 Å². The molecule has 37 heteroatoms. The van der Waals surface area contributed by atoms with E-state index in [-0.39, 0.29) is 71.4 Å². The van der Waals surface area contributed by atoms with Crippen molar-refractivity contribution in [3.63, 3.8) is 0 Å². The lowest BCUT2D eigenvalue weighted by atomic mass is 9.84. The molecule has 6 fully saturated rings. The van der Waals surface area contributed by atoms with Gasteiger partial charge in [-0.3, -0.25) is 29.0 Å². The number of aliphatic hydroxyl groups is 2. The van der Waals surface area contributed by atoms with Gasteiger partial charge in [-0.05, 0) is 131 Å². The minimum Gasteiger partial charge on any atom is -0.458 e. The quantitative estimate of drug-likeness (QED) is 0.0194. The van der Waals surface area contributed by atoms with Crippen LogP contribution < -0.4 is 0 Å². The molecule has 6 aliphatic rings. The molecule has 3 unspecified atom stereocenters. The van der Waals surface area contributed by atoms with Crippen LogP contribution in [0.1, 0.15) is 129 Å². The number of hydrogen-bond acceptors (Lipinski definition) is 23. The van der Waals surface area contributed by atoms with Crippen LogP contribution in [0.15, 0.2) is 152 Å². The van der Waals surface area contributed by atoms with Crippen LogP contribution in [0.3, 0.4) is 0 Å². The summed E-state index contributed by atoms with van der Waals surface area (Å²) in [5, 5.41) is 42.5. The summed E-state index contributed by atoms with van der Waals surface area (Å²) < 4.78 is 51.5. The van der Waals surface area contributed by atoms with Gasteiger partial charge < -0.3 is 52.8 Å². The van der Waals surface area contributed by atoms with Crippen molar-refractivity contribution in [2.75, 3.05) is 0 Å². The molecule has 0 bridgehead atoms. The van der Waals surface area contributed by atoms with Gasteiger partial charge in [0, 0.05) is 70.3 Å². The highest BCUT2D eigenvalue weighted by molar-refractivity contribution is 5.70. The first-order chi connectivity index (χ1) is 50.8. The Bertz CT molecular complexity index is 3880. The Kier molecular flexibility index (Phi) is 34.0. The number of hydrogen-bond donors (Lipinski definition) is 2. The van der Waals surface area contributed by atoms with Crippen LogP contribution in [-0.2, 0) is 88.1 Å². The fourth-order valence-electron chi connectivity index (χ4n) is 13.4. The molecule has 4 aromatic carbocycles. The number of ether oxygens (including phenoxy) is 9. The van der Waals surface area contributed by atoms with E-state index in [2.05, 4.69) is 60.2 Å². The lowest BCUT2D eigenvalue weighted by Gasteiger charge is -2.46. The van der Waals surface area contributed by atoms with E-state index < -0.39 is 134 Å². The smallest absolute Gasteiger partial charge is 0.410 e. The van der Waals surface area contributed by atoms with E-state index in [1.165, 1.54) is 0 Å². The molecule has 0 radical (unpaired) electrons. The van der Waals surface area contributed by atoms with E-state index in [1.807, 2.05) is 121 Å². The largest absolute Gasteiger partial charge is 0.458 e.